The summed E-state index contributed by atoms with van der Waals surface area (Å²) < 4.78 is 19.0. The molecule has 20 heavy (non-hydrogen) atoms. The van der Waals surface area contributed by atoms with E-state index in [4.69, 9.17) is 10.5 Å². The van der Waals surface area contributed by atoms with Crippen molar-refractivity contribution >= 4 is 5.91 Å². The molecule has 0 aliphatic rings. The number of carbonyl (C=O) groups excluding carboxylic acids is 1. The molecule has 0 radical (unpaired) electrons. The molecule has 0 heterocycles. The van der Waals surface area contributed by atoms with Crippen molar-refractivity contribution in [2.75, 3.05) is 6.54 Å². The van der Waals surface area contributed by atoms with Crippen LogP contribution in [0.15, 0.2) is 18.2 Å². The van der Waals surface area contributed by atoms with Crippen molar-refractivity contribution in [3.05, 3.63) is 29.6 Å². The van der Waals surface area contributed by atoms with Crippen molar-refractivity contribution in [3.8, 4) is 5.75 Å². The van der Waals surface area contributed by atoms with Crippen LogP contribution in [-0.2, 0) is 11.3 Å². The fraction of sp³-hybridized carbons (Fsp3) is 0.533. The van der Waals surface area contributed by atoms with Gasteiger partial charge in [-0.05, 0) is 25.5 Å². The molecule has 0 saturated carbocycles. The van der Waals surface area contributed by atoms with Crippen molar-refractivity contribution in [2.24, 2.45) is 5.73 Å². The van der Waals surface area contributed by atoms with E-state index >= 15 is 0 Å². The molecule has 1 rings (SSSR count). The molecule has 0 aliphatic carbocycles. The Labute approximate surface area is 119 Å². The molecule has 0 bridgehead atoms. The Morgan fingerprint density at radius 1 is 1.45 bits per heavy atom. The standard InChI is InChI=1S/C15H23FN2O2/c1-3-4-5-9-18-15(19)11(2)20-14-8-6-7-13(16)12(14)10-17/h6-8,11H,3-5,9-10,17H2,1-2H3,(H,18,19). The average Bonchev–Trinajstić information content (AvgIpc) is 2.43. The van der Waals surface area contributed by atoms with Crippen LogP contribution in [-0.4, -0.2) is 18.6 Å². The first-order chi connectivity index (χ1) is 9.60. The van der Waals surface area contributed by atoms with Crippen molar-refractivity contribution in [1.29, 1.82) is 0 Å². The van der Waals surface area contributed by atoms with Gasteiger partial charge >= 0.3 is 0 Å². The maximum Gasteiger partial charge on any atom is 0.260 e. The lowest BCUT2D eigenvalue weighted by molar-refractivity contribution is -0.127. The largest absolute Gasteiger partial charge is 0.480 e. The maximum atomic E-state index is 13.5. The second-order valence-electron chi connectivity index (χ2n) is 4.68. The highest BCUT2D eigenvalue weighted by Crippen LogP contribution is 2.22. The van der Waals surface area contributed by atoms with Gasteiger partial charge in [0.1, 0.15) is 11.6 Å². The van der Waals surface area contributed by atoms with Crippen LogP contribution < -0.4 is 15.8 Å². The van der Waals surface area contributed by atoms with E-state index in [2.05, 4.69) is 12.2 Å². The Morgan fingerprint density at radius 3 is 2.85 bits per heavy atom. The van der Waals surface area contributed by atoms with Gasteiger partial charge < -0.3 is 15.8 Å². The Morgan fingerprint density at radius 2 is 2.20 bits per heavy atom. The van der Waals surface area contributed by atoms with Crippen molar-refractivity contribution in [1.82, 2.24) is 5.32 Å². The van der Waals surface area contributed by atoms with E-state index < -0.39 is 11.9 Å². The van der Waals surface area contributed by atoms with Crippen LogP contribution in [0, 0.1) is 5.82 Å². The summed E-state index contributed by atoms with van der Waals surface area (Å²) in [5.41, 5.74) is 5.79. The molecule has 0 aromatic heterocycles. The number of nitrogens with two attached hydrogens (primary N) is 1. The molecule has 1 atom stereocenters. The fourth-order valence-electron chi connectivity index (χ4n) is 1.82. The Balaban J connectivity index is 2.55. The molecular formula is C15H23FN2O2. The Kier molecular flexibility index (Phi) is 7.01. The number of halogens is 1. The highest BCUT2D eigenvalue weighted by Gasteiger charge is 2.16. The number of hydrogen-bond donors (Lipinski definition) is 2. The molecule has 5 heteroatoms. The van der Waals surface area contributed by atoms with Crippen LogP contribution in [0.25, 0.3) is 0 Å². The number of benzene rings is 1. The van der Waals surface area contributed by atoms with Gasteiger partial charge in [0.2, 0.25) is 0 Å². The summed E-state index contributed by atoms with van der Waals surface area (Å²) in [6, 6.07) is 4.48. The van der Waals surface area contributed by atoms with Crippen molar-refractivity contribution < 1.29 is 13.9 Å². The molecule has 0 spiro atoms. The third-order valence-electron chi connectivity index (χ3n) is 3.03. The van der Waals surface area contributed by atoms with Gasteiger partial charge in [-0.1, -0.05) is 25.8 Å². The molecule has 1 unspecified atom stereocenters. The molecule has 4 nitrogen and oxygen atoms in total. The molecule has 1 aromatic rings. The minimum absolute atomic E-state index is 0.0346. The summed E-state index contributed by atoms with van der Waals surface area (Å²) in [5.74, 6) is -0.294. The number of rotatable bonds is 8. The highest BCUT2D eigenvalue weighted by atomic mass is 19.1. The van der Waals surface area contributed by atoms with E-state index in [1.165, 1.54) is 12.1 Å². The normalized spacial score (nSPS) is 12.0. The Hall–Kier alpha value is -1.62. The van der Waals surface area contributed by atoms with E-state index in [-0.39, 0.29) is 18.0 Å². The van der Waals surface area contributed by atoms with E-state index in [0.29, 0.717) is 12.3 Å². The quantitative estimate of drug-likeness (QED) is 0.719. The van der Waals surface area contributed by atoms with Crippen LogP contribution in [0.4, 0.5) is 4.39 Å². The second-order valence-corrected chi connectivity index (χ2v) is 4.68. The van der Waals surface area contributed by atoms with Crippen LogP contribution in [0.2, 0.25) is 0 Å². The van der Waals surface area contributed by atoms with E-state index in [1.54, 1.807) is 13.0 Å². The smallest absolute Gasteiger partial charge is 0.260 e. The van der Waals surface area contributed by atoms with Crippen LogP contribution in [0.5, 0.6) is 5.75 Å². The third kappa shape index (κ3) is 4.81. The SMILES string of the molecule is CCCCCNC(=O)C(C)Oc1cccc(F)c1CN. The summed E-state index contributed by atoms with van der Waals surface area (Å²) in [4.78, 5) is 11.8. The summed E-state index contributed by atoms with van der Waals surface area (Å²) in [5, 5.41) is 2.80. The third-order valence-corrected chi connectivity index (χ3v) is 3.03. The molecule has 112 valence electrons. The number of nitrogens with one attached hydrogen (secondary N) is 1. The maximum absolute atomic E-state index is 13.5. The predicted molar refractivity (Wildman–Crippen MR) is 76.9 cm³/mol. The lowest BCUT2D eigenvalue weighted by Gasteiger charge is -2.17. The topological polar surface area (TPSA) is 64.3 Å². The predicted octanol–water partition coefficient (Wildman–Crippen LogP) is 2.36. The van der Waals surface area contributed by atoms with Gasteiger partial charge in [-0.25, -0.2) is 4.39 Å². The van der Waals surface area contributed by atoms with E-state index in [0.717, 1.165) is 19.3 Å². The molecule has 3 N–H and O–H groups in total. The second kappa shape index (κ2) is 8.53. The minimum atomic E-state index is -0.677. The zero-order valence-electron chi connectivity index (χ0n) is 12.1. The van der Waals surface area contributed by atoms with E-state index in [1.807, 2.05) is 0 Å². The Bertz CT molecular complexity index is 438. The zero-order valence-corrected chi connectivity index (χ0v) is 12.1. The van der Waals surface area contributed by atoms with Gasteiger partial charge in [-0.15, -0.1) is 0 Å². The van der Waals surface area contributed by atoms with Gasteiger partial charge in [0.25, 0.3) is 5.91 Å². The fourth-order valence-corrected chi connectivity index (χ4v) is 1.82. The number of amides is 1. The summed E-state index contributed by atoms with van der Waals surface area (Å²) in [6.07, 6.45) is 2.45. The number of carbonyl (C=O) groups is 1. The van der Waals surface area contributed by atoms with Crippen LogP contribution in [0.3, 0.4) is 0 Å². The van der Waals surface area contributed by atoms with Crippen LogP contribution in [0.1, 0.15) is 38.7 Å². The average molecular weight is 282 g/mol. The van der Waals surface area contributed by atoms with Gasteiger partial charge in [-0.2, -0.15) is 0 Å². The monoisotopic (exact) mass is 282 g/mol. The molecule has 1 aromatic carbocycles. The molecule has 1 amide bonds. The van der Waals surface area contributed by atoms with Gasteiger partial charge in [0.05, 0.1) is 0 Å². The lowest BCUT2D eigenvalue weighted by atomic mass is 10.2. The van der Waals surface area contributed by atoms with Gasteiger partial charge in [-0.3, -0.25) is 4.79 Å². The van der Waals surface area contributed by atoms with Gasteiger partial charge in [0, 0.05) is 18.7 Å². The molecule has 0 saturated heterocycles. The van der Waals surface area contributed by atoms with Crippen molar-refractivity contribution in [3.63, 3.8) is 0 Å². The number of ether oxygens (including phenoxy) is 1. The summed E-state index contributed by atoms with van der Waals surface area (Å²) >= 11 is 0. The number of unbranched alkanes of at least 4 members (excludes halogenated alkanes) is 2. The lowest BCUT2D eigenvalue weighted by Crippen LogP contribution is -2.37. The minimum Gasteiger partial charge on any atom is -0.480 e. The molecular weight excluding hydrogens is 259 g/mol. The first kappa shape index (κ1) is 16.4. The zero-order chi connectivity index (χ0) is 15.0. The summed E-state index contributed by atoms with van der Waals surface area (Å²) in [7, 11) is 0. The van der Waals surface area contributed by atoms with Crippen molar-refractivity contribution in [2.45, 2.75) is 45.8 Å². The van der Waals surface area contributed by atoms with Gasteiger partial charge in [0.15, 0.2) is 6.10 Å². The summed E-state index contributed by atoms with van der Waals surface area (Å²) in [6.45, 7) is 4.41. The van der Waals surface area contributed by atoms with Crippen LogP contribution >= 0.6 is 0 Å². The van der Waals surface area contributed by atoms with E-state index in [9.17, 15) is 9.18 Å². The first-order valence-electron chi connectivity index (χ1n) is 7.02. The first-order valence-corrected chi connectivity index (χ1v) is 7.02. The molecule has 0 fully saturated rings. The molecule has 0 aliphatic heterocycles. The number of hydrogen-bond acceptors (Lipinski definition) is 3. The highest BCUT2D eigenvalue weighted by molar-refractivity contribution is 5.80.